The van der Waals surface area contributed by atoms with Crippen LogP contribution in [0.1, 0.15) is 44.7 Å². The molecule has 3 atom stereocenters. The summed E-state index contributed by atoms with van der Waals surface area (Å²) in [6.45, 7) is 4.30. The van der Waals surface area contributed by atoms with Gasteiger partial charge in [0.1, 0.15) is 11.4 Å². The van der Waals surface area contributed by atoms with Crippen molar-refractivity contribution in [3.8, 4) is 5.75 Å². The van der Waals surface area contributed by atoms with Crippen LogP contribution in [-0.2, 0) is 4.74 Å². The molecule has 3 unspecified atom stereocenters. The van der Waals surface area contributed by atoms with Gasteiger partial charge in [-0.2, -0.15) is 0 Å². The van der Waals surface area contributed by atoms with Crippen molar-refractivity contribution in [3.63, 3.8) is 0 Å². The van der Waals surface area contributed by atoms with E-state index in [9.17, 15) is 0 Å². The van der Waals surface area contributed by atoms with Crippen molar-refractivity contribution in [1.29, 1.82) is 0 Å². The number of fused-ring (bicyclic) bond motifs is 1. The van der Waals surface area contributed by atoms with Crippen LogP contribution < -0.4 is 10.1 Å². The molecule has 0 radical (unpaired) electrons. The van der Waals surface area contributed by atoms with Gasteiger partial charge in [-0.25, -0.2) is 0 Å². The summed E-state index contributed by atoms with van der Waals surface area (Å²) in [6, 6.07) is 8.76. The Hall–Kier alpha value is -1.06. The second kappa shape index (κ2) is 4.80. The van der Waals surface area contributed by atoms with Crippen LogP contribution in [0.15, 0.2) is 24.3 Å². The summed E-state index contributed by atoms with van der Waals surface area (Å²) in [7, 11) is 2.03. The van der Waals surface area contributed by atoms with Crippen molar-refractivity contribution in [3.05, 3.63) is 29.8 Å². The highest BCUT2D eigenvalue weighted by molar-refractivity contribution is 5.39. The Morgan fingerprint density at radius 3 is 2.47 bits per heavy atom. The Morgan fingerprint density at radius 2 is 1.79 bits per heavy atom. The second-order valence-corrected chi connectivity index (χ2v) is 6.03. The highest BCUT2D eigenvalue weighted by Crippen LogP contribution is 2.45. The maximum Gasteiger partial charge on any atom is 0.124 e. The molecular formula is C16H23NO2. The van der Waals surface area contributed by atoms with Gasteiger partial charge in [0.2, 0.25) is 0 Å². The predicted octanol–water partition coefficient (Wildman–Crippen LogP) is 3.06. The fraction of sp³-hybridized carbons (Fsp3) is 0.625. The highest BCUT2D eigenvalue weighted by Gasteiger charge is 2.45. The third-order valence-electron chi connectivity index (χ3n) is 4.33. The minimum absolute atomic E-state index is 0.0703. The summed E-state index contributed by atoms with van der Waals surface area (Å²) in [4.78, 5) is 0. The first-order chi connectivity index (χ1) is 9.12. The van der Waals surface area contributed by atoms with E-state index in [4.69, 9.17) is 9.47 Å². The molecule has 2 aliphatic heterocycles. The molecule has 1 aromatic rings. The number of rotatable bonds is 1. The molecule has 1 spiro atoms. The topological polar surface area (TPSA) is 30.5 Å². The van der Waals surface area contributed by atoms with Gasteiger partial charge in [-0.3, -0.25) is 0 Å². The summed E-state index contributed by atoms with van der Waals surface area (Å²) in [5.41, 5.74) is 1.21. The van der Waals surface area contributed by atoms with Gasteiger partial charge in [0, 0.05) is 30.9 Å². The maximum absolute atomic E-state index is 6.41. The smallest absolute Gasteiger partial charge is 0.124 e. The highest BCUT2D eigenvalue weighted by atomic mass is 16.5. The zero-order valence-electron chi connectivity index (χ0n) is 12.0. The molecule has 1 saturated heterocycles. The van der Waals surface area contributed by atoms with E-state index in [0.29, 0.717) is 6.04 Å². The van der Waals surface area contributed by atoms with Crippen LogP contribution >= 0.6 is 0 Å². The lowest BCUT2D eigenvalue weighted by Crippen LogP contribution is -2.51. The van der Waals surface area contributed by atoms with Gasteiger partial charge in [-0.05, 0) is 27.0 Å². The van der Waals surface area contributed by atoms with Gasteiger partial charge in [-0.15, -0.1) is 0 Å². The van der Waals surface area contributed by atoms with Gasteiger partial charge >= 0.3 is 0 Å². The quantitative estimate of drug-likeness (QED) is 0.843. The average molecular weight is 261 g/mol. The van der Waals surface area contributed by atoms with E-state index >= 15 is 0 Å². The van der Waals surface area contributed by atoms with E-state index in [2.05, 4.69) is 43.4 Å². The first-order valence-electron chi connectivity index (χ1n) is 7.22. The third kappa shape index (κ3) is 2.37. The molecule has 0 saturated carbocycles. The molecule has 0 amide bonds. The average Bonchev–Trinajstić information content (AvgIpc) is 2.36. The normalized spacial score (nSPS) is 37.7. The zero-order chi connectivity index (χ0) is 13.5. The van der Waals surface area contributed by atoms with Crippen LogP contribution in [0.4, 0.5) is 0 Å². The molecule has 0 aromatic heterocycles. The van der Waals surface area contributed by atoms with E-state index < -0.39 is 0 Å². The Bertz CT molecular complexity index is 450. The third-order valence-corrected chi connectivity index (χ3v) is 4.33. The summed E-state index contributed by atoms with van der Waals surface area (Å²) in [6.07, 6.45) is 3.52. The lowest BCUT2D eigenvalue weighted by atomic mass is 9.78. The molecule has 3 heteroatoms. The van der Waals surface area contributed by atoms with E-state index in [0.717, 1.165) is 25.0 Å². The largest absolute Gasteiger partial charge is 0.487 e. The maximum atomic E-state index is 6.41. The summed E-state index contributed by atoms with van der Waals surface area (Å²) in [5, 5.41) is 3.44. The van der Waals surface area contributed by atoms with Gasteiger partial charge in [-0.1, -0.05) is 18.2 Å². The molecule has 1 aromatic carbocycles. The van der Waals surface area contributed by atoms with Crippen molar-refractivity contribution < 1.29 is 9.47 Å². The van der Waals surface area contributed by atoms with Gasteiger partial charge in [0.05, 0.1) is 12.2 Å². The lowest BCUT2D eigenvalue weighted by molar-refractivity contribution is -0.130. The Labute approximate surface area is 115 Å². The molecule has 3 rings (SSSR count). The first kappa shape index (κ1) is 12.9. The van der Waals surface area contributed by atoms with E-state index in [-0.39, 0.29) is 17.8 Å². The van der Waals surface area contributed by atoms with E-state index in [1.165, 1.54) is 5.56 Å². The Kier molecular flexibility index (Phi) is 3.27. The second-order valence-electron chi connectivity index (χ2n) is 6.03. The van der Waals surface area contributed by atoms with E-state index in [1.54, 1.807) is 0 Å². The predicted molar refractivity (Wildman–Crippen MR) is 75.5 cm³/mol. The number of ether oxygens (including phenoxy) is 2. The van der Waals surface area contributed by atoms with Crippen LogP contribution in [-0.4, -0.2) is 24.9 Å². The van der Waals surface area contributed by atoms with Gasteiger partial charge < -0.3 is 14.8 Å². The molecule has 1 N–H and O–H groups in total. The monoisotopic (exact) mass is 261 g/mol. The van der Waals surface area contributed by atoms with Crippen LogP contribution in [0.25, 0.3) is 0 Å². The molecule has 3 nitrogen and oxygen atoms in total. The van der Waals surface area contributed by atoms with Crippen LogP contribution in [0, 0.1) is 0 Å². The fourth-order valence-electron chi connectivity index (χ4n) is 3.75. The van der Waals surface area contributed by atoms with Crippen LogP contribution in [0.5, 0.6) is 5.75 Å². The lowest BCUT2D eigenvalue weighted by Gasteiger charge is -2.47. The Balaban J connectivity index is 1.94. The summed E-state index contributed by atoms with van der Waals surface area (Å²) < 4.78 is 12.3. The summed E-state index contributed by atoms with van der Waals surface area (Å²) >= 11 is 0. The molecule has 2 heterocycles. The standard InChI is InChI=1S/C16H23NO2/c1-11-8-16(9-12(2)18-11)10-14(17-3)13-6-4-5-7-15(13)19-16/h4-7,11-12,14,17H,8-10H2,1-3H3. The SMILES string of the molecule is CNC1CC2(CC(C)OC(C)C2)Oc2ccccc21. The van der Waals surface area contributed by atoms with Crippen molar-refractivity contribution >= 4 is 0 Å². The first-order valence-corrected chi connectivity index (χ1v) is 7.22. The van der Waals surface area contributed by atoms with Crippen molar-refractivity contribution in [2.45, 2.75) is 57.0 Å². The molecule has 0 aliphatic carbocycles. The Morgan fingerprint density at radius 1 is 1.11 bits per heavy atom. The molecule has 0 bridgehead atoms. The molecule has 19 heavy (non-hydrogen) atoms. The number of hydrogen-bond donors (Lipinski definition) is 1. The van der Waals surface area contributed by atoms with Gasteiger partial charge in [0.15, 0.2) is 0 Å². The fourth-order valence-corrected chi connectivity index (χ4v) is 3.75. The minimum Gasteiger partial charge on any atom is -0.487 e. The molecule has 2 aliphatic rings. The molecular weight excluding hydrogens is 238 g/mol. The summed E-state index contributed by atoms with van der Waals surface area (Å²) in [5.74, 6) is 1.04. The van der Waals surface area contributed by atoms with Gasteiger partial charge in [0.25, 0.3) is 0 Å². The van der Waals surface area contributed by atoms with Crippen molar-refractivity contribution in [2.24, 2.45) is 0 Å². The number of hydrogen-bond acceptors (Lipinski definition) is 3. The molecule has 104 valence electrons. The number of nitrogens with one attached hydrogen (secondary N) is 1. The number of para-hydroxylation sites is 1. The zero-order valence-corrected chi connectivity index (χ0v) is 12.0. The molecule has 1 fully saturated rings. The minimum atomic E-state index is -0.0703. The van der Waals surface area contributed by atoms with Crippen molar-refractivity contribution in [1.82, 2.24) is 5.32 Å². The van der Waals surface area contributed by atoms with Crippen LogP contribution in [0.2, 0.25) is 0 Å². The van der Waals surface area contributed by atoms with E-state index in [1.807, 2.05) is 7.05 Å². The van der Waals surface area contributed by atoms with Crippen LogP contribution in [0.3, 0.4) is 0 Å². The number of benzene rings is 1. The van der Waals surface area contributed by atoms with Crippen molar-refractivity contribution in [2.75, 3.05) is 7.05 Å².